The van der Waals surface area contributed by atoms with Crippen LogP contribution >= 0.6 is 11.6 Å². The van der Waals surface area contributed by atoms with Gasteiger partial charge in [0.05, 0.1) is 4.92 Å². The number of amides is 1. The van der Waals surface area contributed by atoms with Crippen molar-refractivity contribution in [3.8, 4) is 6.07 Å². The van der Waals surface area contributed by atoms with Crippen molar-refractivity contribution in [3.05, 3.63) is 80.5 Å². The van der Waals surface area contributed by atoms with Crippen LogP contribution in [0.3, 0.4) is 0 Å². The summed E-state index contributed by atoms with van der Waals surface area (Å²) in [6.07, 6.45) is 3.73. The smallest absolute Gasteiger partial charge is 0.270 e. The quantitative estimate of drug-likeness (QED) is 0.285. The number of hydrogen-bond acceptors (Lipinski definition) is 4. The maximum Gasteiger partial charge on any atom is 0.270 e. The van der Waals surface area contributed by atoms with Gasteiger partial charge in [0, 0.05) is 46.4 Å². The fraction of sp³-hybridized carbons (Fsp3) is 0.100. The third-order valence-electron chi connectivity index (χ3n) is 4.21. The van der Waals surface area contributed by atoms with Crippen molar-refractivity contribution in [2.45, 2.75) is 6.42 Å². The molecule has 0 bridgehead atoms. The maximum atomic E-state index is 12.3. The van der Waals surface area contributed by atoms with Gasteiger partial charge >= 0.3 is 0 Å². The van der Waals surface area contributed by atoms with E-state index in [-0.39, 0.29) is 21.8 Å². The average Bonchev–Trinajstić information content (AvgIpc) is 3.10. The Balaban J connectivity index is 1.70. The molecule has 0 spiro atoms. The van der Waals surface area contributed by atoms with Gasteiger partial charge in [0.1, 0.15) is 11.6 Å². The molecule has 7 nitrogen and oxygen atoms in total. The van der Waals surface area contributed by atoms with Crippen LogP contribution in [0.15, 0.2) is 54.2 Å². The summed E-state index contributed by atoms with van der Waals surface area (Å²) < 4.78 is 0. The number of carbonyl (C=O) groups is 1. The molecule has 0 unspecified atom stereocenters. The summed E-state index contributed by atoms with van der Waals surface area (Å²) >= 11 is 6.02. The highest BCUT2D eigenvalue weighted by molar-refractivity contribution is 6.32. The van der Waals surface area contributed by atoms with Gasteiger partial charge in [-0.3, -0.25) is 14.9 Å². The van der Waals surface area contributed by atoms with E-state index in [1.54, 1.807) is 0 Å². The van der Waals surface area contributed by atoms with E-state index in [0.29, 0.717) is 13.0 Å². The Bertz CT molecular complexity index is 1130. The molecule has 0 radical (unpaired) electrons. The average molecular weight is 395 g/mol. The number of nitrogens with zero attached hydrogens (tertiary/aromatic N) is 2. The number of benzene rings is 2. The van der Waals surface area contributed by atoms with E-state index in [0.717, 1.165) is 16.5 Å². The van der Waals surface area contributed by atoms with Gasteiger partial charge in [-0.05, 0) is 30.2 Å². The van der Waals surface area contributed by atoms with Crippen LogP contribution in [0.5, 0.6) is 0 Å². The number of aromatic amines is 1. The summed E-state index contributed by atoms with van der Waals surface area (Å²) in [6, 6.07) is 13.5. The second kappa shape index (κ2) is 8.37. The number of fused-ring (bicyclic) bond motifs is 1. The third kappa shape index (κ3) is 4.19. The molecule has 2 aromatic carbocycles. The lowest BCUT2D eigenvalue weighted by Gasteiger charge is -2.05. The summed E-state index contributed by atoms with van der Waals surface area (Å²) in [6.45, 7) is 0.336. The second-order valence-electron chi connectivity index (χ2n) is 6.00. The van der Waals surface area contributed by atoms with Gasteiger partial charge in [0.2, 0.25) is 0 Å². The lowest BCUT2D eigenvalue weighted by molar-refractivity contribution is -0.384. The standard InChI is InChI=1S/C20H15ClN4O3/c21-18-6-5-16(25(27)28)10-14(18)9-15(11-22)20(26)23-8-7-13-12-24-19-4-2-1-3-17(13)19/h1-6,9-10,12,24H,7-8H2,(H,23,26)/b15-9-. The number of nitro benzene ring substituents is 1. The Kier molecular flexibility index (Phi) is 5.72. The molecule has 0 saturated heterocycles. The van der Waals surface area contributed by atoms with E-state index in [2.05, 4.69) is 10.3 Å². The predicted molar refractivity (Wildman–Crippen MR) is 107 cm³/mol. The summed E-state index contributed by atoms with van der Waals surface area (Å²) in [4.78, 5) is 25.8. The molecular formula is C20H15ClN4O3. The molecule has 0 aliphatic carbocycles. The fourth-order valence-electron chi connectivity index (χ4n) is 2.80. The van der Waals surface area contributed by atoms with Crippen molar-refractivity contribution in [3.63, 3.8) is 0 Å². The number of carbonyl (C=O) groups excluding carboxylic acids is 1. The molecule has 28 heavy (non-hydrogen) atoms. The first kappa shape index (κ1) is 19.1. The minimum atomic E-state index is -0.568. The van der Waals surface area contributed by atoms with Crippen LogP contribution in [0.25, 0.3) is 17.0 Å². The summed E-state index contributed by atoms with van der Waals surface area (Å²) in [5, 5.41) is 24.2. The number of rotatable bonds is 6. The fourth-order valence-corrected chi connectivity index (χ4v) is 2.98. The van der Waals surface area contributed by atoms with Crippen LogP contribution in [-0.2, 0) is 11.2 Å². The van der Waals surface area contributed by atoms with Crippen molar-refractivity contribution in [2.75, 3.05) is 6.54 Å². The van der Waals surface area contributed by atoms with Crippen LogP contribution in [0, 0.1) is 21.4 Å². The minimum Gasteiger partial charge on any atom is -0.361 e. The van der Waals surface area contributed by atoms with Crippen molar-refractivity contribution >= 4 is 40.2 Å². The van der Waals surface area contributed by atoms with Crippen molar-refractivity contribution in [1.29, 1.82) is 5.26 Å². The highest BCUT2D eigenvalue weighted by Gasteiger charge is 2.13. The van der Waals surface area contributed by atoms with E-state index >= 15 is 0 Å². The molecule has 3 aromatic rings. The van der Waals surface area contributed by atoms with Crippen LogP contribution in [0.2, 0.25) is 5.02 Å². The molecule has 140 valence electrons. The largest absolute Gasteiger partial charge is 0.361 e. The summed E-state index contributed by atoms with van der Waals surface area (Å²) in [5.74, 6) is -0.565. The third-order valence-corrected chi connectivity index (χ3v) is 4.55. The number of halogens is 1. The number of nitriles is 1. The number of hydrogen-bond donors (Lipinski definition) is 2. The normalized spacial score (nSPS) is 11.2. The van der Waals surface area contributed by atoms with Crippen LogP contribution in [0.1, 0.15) is 11.1 Å². The van der Waals surface area contributed by atoms with Crippen molar-refractivity contribution in [2.24, 2.45) is 0 Å². The molecule has 2 N–H and O–H groups in total. The van der Waals surface area contributed by atoms with Gasteiger partial charge in [0.15, 0.2) is 0 Å². The molecular weight excluding hydrogens is 380 g/mol. The Labute approximate surface area is 165 Å². The first-order valence-corrected chi connectivity index (χ1v) is 8.76. The monoisotopic (exact) mass is 394 g/mol. The Hall–Kier alpha value is -3.63. The predicted octanol–water partition coefficient (Wildman–Crippen LogP) is 4.00. The molecule has 0 atom stereocenters. The highest BCUT2D eigenvalue weighted by Crippen LogP contribution is 2.24. The van der Waals surface area contributed by atoms with E-state index in [1.807, 2.05) is 36.5 Å². The lowest BCUT2D eigenvalue weighted by atomic mass is 10.1. The molecule has 1 aromatic heterocycles. The number of nitro groups is 1. The van der Waals surface area contributed by atoms with Crippen LogP contribution in [0.4, 0.5) is 5.69 Å². The molecule has 0 aliphatic heterocycles. The molecule has 3 rings (SSSR count). The van der Waals surface area contributed by atoms with Gasteiger partial charge in [-0.1, -0.05) is 29.8 Å². The van der Waals surface area contributed by atoms with Crippen LogP contribution in [-0.4, -0.2) is 22.4 Å². The summed E-state index contributed by atoms with van der Waals surface area (Å²) in [7, 11) is 0. The zero-order valence-corrected chi connectivity index (χ0v) is 15.4. The minimum absolute atomic E-state index is 0.173. The Morgan fingerprint density at radius 2 is 2.11 bits per heavy atom. The number of para-hydroxylation sites is 1. The number of H-pyrrole nitrogens is 1. The van der Waals surface area contributed by atoms with Gasteiger partial charge in [0.25, 0.3) is 11.6 Å². The molecule has 0 saturated carbocycles. The van der Waals surface area contributed by atoms with Gasteiger partial charge < -0.3 is 10.3 Å². The Morgan fingerprint density at radius 1 is 1.32 bits per heavy atom. The highest BCUT2D eigenvalue weighted by atomic mass is 35.5. The SMILES string of the molecule is N#C/C(=C/c1cc([N+](=O)[O-])ccc1Cl)C(=O)NCCc1c[nH]c2ccccc12. The van der Waals surface area contributed by atoms with Gasteiger partial charge in [-0.25, -0.2) is 0 Å². The number of aromatic nitrogens is 1. The first-order chi connectivity index (χ1) is 13.5. The van der Waals surface area contributed by atoms with E-state index < -0.39 is 10.8 Å². The van der Waals surface area contributed by atoms with E-state index in [1.165, 1.54) is 24.3 Å². The number of non-ortho nitro benzene ring substituents is 1. The van der Waals surface area contributed by atoms with Crippen molar-refractivity contribution in [1.82, 2.24) is 10.3 Å². The zero-order chi connectivity index (χ0) is 20.1. The molecule has 1 heterocycles. The zero-order valence-electron chi connectivity index (χ0n) is 14.6. The maximum absolute atomic E-state index is 12.3. The van der Waals surface area contributed by atoms with E-state index in [9.17, 15) is 20.2 Å². The molecule has 1 amide bonds. The summed E-state index contributed by atoms with van der Waals surface area (Å²) in [5.41, 5.74) is 1.95. The lowest BCUT2D eigenvalue weighted by Crippen LogP contribution is -2.26. The Morgan fingerprint density at radius 3 is 2.86 bits per heavy atom. The topological polar surface area (TPSA) is 112 Å². The van der Waals surface area contributed by atoms with Gasteiger partial charge in [-0.2, -0.15) is 5.26 Å². The molecule has 0 aliphatic rings. The number of nitrogens with one attached hydrogen (secondary N) is 2. The van der Waals surface area contributed by atoms with Crippen molar-refractivity contribution < 1.29 is 9.72 Å². The molecule has 8 heteroatoms. The van der Waals surface area contributed by atoms with E-state index in [4.69, 9.17) is 11.6 Å². The first-order valence-electron chi connectivity index (χ1n) is 8.38. The van der Waals surface area contributed by atoms with Crippen LogP contribution < -0.4 is 5.32 Å². The molecule has 0 fully saturated rings. The van der Waals surface area contributed by atoms with Gasteiger partial charge in [-0.15, -0.1) is 0 Å². The second-order valence-corrected chi connectivity index (χ2v) is 6.41.